The Morgan fingerprint density at radius 2 is 1.87 bits per heavy atom. The fourth-order valence-electron chi connectivity index (χ4n) is 2.83. The Balaban J connectivity index is 1.49. The van der Waals surface area contributed by atoms with Crippen LogP contribution in [0.4, 0.5) is 0 Å². The van der Waals surface area contributed by atoms with Gasteiger partial charge in [-0.2, -0.15) is 5.26 Å². The van der Waals surface area contributed by atoms with Gasteiger partial charge in [0.1, 0.15) is 42.1 Å². The number of hydrogen-bond donors (Lipinski definition) is 1. The lowest BCUT2D eigenvalue weighted by atomic mass is 10.1. The maximum atomic E-state index is 12.2. The van der Waals surface area contributed by atoms with Crippen molar-refractivity contribution in [1.82, 2.24) is 5.32 Å². The standard InChI is InChI=1S/C25H24N2O4/c1-18-5-6-19(2)24(14-18)31-13-12-30-22-9-7-20(8-10-22)15-21(16-26)25(28)27-17-23-4-3-11-29-23/h3-11,14-15H,12-13,17H2,1-2H3,(H,27,28). The molecule has 0 bridgehead atoms. The van der Waals surface area contributed by atoms with Crippen LogP contribution in [0.25, 0.3) is 6.08 Å². The molecule has 0 aliphatic carbocycles. The highest BCUT2D eigenvalue weighted by atomic mass is 16.5. The van der Waals surface area contributed by atoms with Crippen molar-refractivity contribution >= 4 is 12.0 Å². The van der Waals surface area contributed by atoms with Gasteiger partial charge in [0.2, 0.25) is 0 Å². The topological polar surface area (TPSA) is 84.5 Å². The second kappa shape index (κ2) is 10.7. The minimum Gasteiger partial charge on any atom is -0.490 e. The van der Waals surface area contributed by atoms with Crippen molar-refractivity contribution in [3.8, 4) is 17.6 Å². The smallest absolute Gasteiger partial charge is 0.262 e. The highest BCUT2D eigenvalue weighted by Gasteiger charge is 2.09. The van der Waals surface area contributed by atoms with E-state index < -0.39 is 5.91 Å². The van der Waals surface area contributed by atoms with E-state index in [1.54, 1.807) is 36.4 Å². The van der Waals surface area contributed by atoms with Gasteiger partial charge in [-0.1, -0.05) is 24.3 Å². The fourth-order valence-corrected chi connectivity index (χ4v) is 2.83. The summed E-state index contributed by atoms with van der Waals surface area (Å²) < 4.78 is 16.7. The number of carbonyl (C=O) groups is 1. The molecule has 6 heteroatoms. The molecular formula is C25H24N2O4. The van der Waals surface area contributed by atoms with E-state index in [2.05, 4.69) is 11.4 Å². The fraction of sp³-hybridized carbons (Fsp3) is 0.200. The number of carbonyl (C=O) groups excluding carboxylic acids is 1. The van der Waals surface area contributed by atoms with Crippen molar-refractivity contribution in [2.24, 2.45) is 0 Å². The summed E-state index contributed by atoms with van der Waals surface area (Å²) in [5.41, 5.74) is 2.98. The number of nitrogens with one attached hydrogen (secondary N) is 1. The van der Waals surface area contributed by atoms with Crippen LogP contribution < -0.4 is 14.8 Å². The van der Waals surface area contributed by atoms with Gasteiger partial charge in [0.05, 0.1) is 12.8 Å². The van der Waals surface area contributed by atoms with Crippen molar-refractivity contribution in [2.45, 2.75) is 20.4 Å². The van der Waals surface area contributed by atoms with Gasteiger partial charge in [0, 0.05) is 0 Å². The van der Waals surface area contributed by atoms with Gasteiger partial charge in [-0.15, -0.1) is 0 Å². The van der Waals surface area contributed by atoms with Crippen molar-refractivity contribution in [3.63, 3.8) is 0 Å². The molecule has 0 saturated heterocycles. The highest BCUT2D eigenvalue weighted by Crippen LogP contribution is 2.19. The number of ether oxygens (including phenoxy) is 2. The second-order valence-electron chi connectivity index (χ2n) is 6.97. The molecule has 1 heterocycles. The van der Waals surface area contributed by atoms with Gasteiger partial charge in [-0.05, 0) is 66.9 Å². The second-order valence-corrected chi connectivity index (χ2v) is 6.97. The molecule has 0 spiro atoms. The number of benzene rings is 2. The van der Waals surface area contributed by atoms with Crippen LogP contribution in [0.1, 0.15) is 22.5 Å². The zero-order valence-corrected chi connectivity index (χ0v) is 17.6. The maximum Gasteiger partial charge on any atom is 0.262 e. The summed E-state index contributed by atoms with van der Waals surface area (Å²) in [6.45, 7) is 5.09. The molecule has 0 radical (unpaired) electrons. The average molecular weight is 416 g/mol. The summed E-state index contributed by atoms with van der Waals surface area (Å²) in [5, 5.41) is 12.0. The molecule has 0 unspecified atom stereocenters. The summed E-state index contributed by atoms with van der Waals surface area (Å²) in [6.07, 6.45) is 3.06. The molecule has 6 nitrogen and oxygen atoms in total. The van der Waals surface area contributed by atoms with E-state index >= 15 is 0 Å². The van der Waals surface area contributed by atoms with Crippen molar-refractivity contribution in [3.05, 3.63) is 88.9 Å². The van der Waals surface area contributed by atoms with Crippen molar-refractivity contribution in [2.75, 3.05) is 13.2 Å². The molecule has 0 atom stereocenters. The van der Waals surface area contributed by atoms with Crippen LogP contribution in [0.5, 0.6) is 11.5 Å². The predicted octanol–water partition coefficient (Wildman–Crippen LogP) is 4.58. The number of nitrogens with zero attached hydrogens (tertiary/aromatic N) is 1. The lowest BCUT2D eigenvalue weighted by Gasteiger charge is -2.11. The minimum atomic E-state index is -0.456. The summed E-state index contributed by atoms with van der Waals surface area (Å²) in [7, 11) is 0. The van der Waals surface area contributed by atoms with Gasteiger partial charge >= 0.3 is 0 Å². The van der Waals surface area contributed by atoms with Gasteiger partial charge < -0.3 is 19.2 Å². The highest BCUT2D eigenvalue weighted by molar-refractivity contribution is 6.01. The molecule has 0 saturated carbocycles. The van der Waals surface area contributed by atoms with Gasteiger partial charge in [0.25, 0.3) is 5.91 Å². The molecule has 3 aromatic rings. The summed E-state index contributed by atoms with van der Waals surface area (Å²) >= 11 is 0. The van der Waals surface area contributed by atoms with Crippen LogP contribution in [0.2, 0.25) is 0 Å². The van der Waals surface area contributed by atoms with Gasteiger partial charge in [0.15, 0.2) is 0 Å². The number of hydrogen-bond acceptors (Lipinski definition) is 5. The van der Waals surface area contributed by atoms with Gasteiger partial charge in [-0.3, -0.25) is 4.79 Å². The van der Waals surface area contributed by atoms with E-state index in [0.29, 0.717) is 24.7 Å². The van der Waals surface area contributed by atoms with Crippen LogP contribution in [0, 0.1) is 25.2 Å². The average Bonchev–Trinajstić information content (AvgIpc) is 3.30. The number of rotatable bonds is 9. The summed E-state index contributed by atoms with van der Waals surface area (Å²) in [4.78, 5) is 12.2. The van der Waals surface area contributed by atoms with E-state index in [4.69, 9.17) is 13.9 Å². The zero-order valence-electron chi connectivity index (χ0n) is 17.6. The molecule has 3 rings (SSSR count). The van der Waals surface area contributed by atoms with E-state index in [1.807, 2.05) is 32.0 Å². The monoisotopic (exact) mass is 416 g/mol. The summed E-state index contributed by atoms with van der Waals surface area (Å²) in [6, 6.07) is 18.7. The van der Waals surface area contributed by atoms with Crippen LogP contribution in [0.15, 0.2) is 70.9 Å². The first-order chi connectivity index (χ1) is 15.0. The quantitative estimate of drug-likeness (QED) is 0.314. The molecule has 31 heavy (non-hydrogen) atoms. The lowest BCUT2D eigenvalue weighted by molar-refractivity contribution is -0.117. The normalized spacial score (nSPS) is 10.9. The number of nitriles is 1. The number of furan rings is 1. The largest absolute Gasteiger partial charge is 0.490 e. The molecule has 0 aliphatic heterocycles. The lowest BCUT2D eigenvalue weighted by Crippen LogP contribution is -2.23. The van der Waals surface area contributed by atoms with Crippen molar-refractivity contribution < 1.29 is 18.7 Å². The molecule has 0 fully saturated rings. The minimum absolute atomic E-state index is 0.0159. The zero-order chi connectivity index (χ0) is 22.1. The van der Waals surface area contributed by atoms with Crippen LogP contribution in [0.3, 0.4) is 0 Å². The predicted molar refractivity (Wildman–Crippen MR) is 117 cm³/mol. The third-order valence-corrected chi connectivity index (χ3v) is 4.51. The number of amides is 1. The Morgan fingerprint density at radius 1 is 1.10 bits per heavy atom. The van der Waals surface area contributed by atoms with Crippen LogP contribution in [-0.2, 0) is 11.3 Å². The molecule has 1 aromatic heterocycles. The van der Waals surface area contributed by atoms with E-state index in [1.165, 1.54) is 12.3 Å². The molecule has 0 aliphatic rings. The van der Waals surface area contributed by atoms with E-state index in [0.717, 1.165) is 22.4 Å². The first-order valence-electron chi connectivity index (χ1n) is 9.90. The Kier molecular flexibility index (Phi) is 7.50. The molecular weight excluding hydrogens is 392 g/mol. The molecule has 158 valence electrons. The Bertz CT molecular complexity index is 1080. The summed E-state index contributed by atoms with van der Waals surface area (Å²) in [5.74, 6) is 1.71. The van der Waals surface area contributed by atoms with Crippen molar-refractivity contribution in [1.29, 1.82) is 5.26 Å². The van der Waals surface area contributed by atoms with Crippen LogP contribution in [-0.4, -0.2) is 19.1 Å². The van der Waals surface area contributed by atoms with E-state index in [-0.39, 0.29) is 12.1 Å². The first-order valence-corrected chi connectivity index (χ1v) is 9.90. The third-order valence-electron chi connectivity index (χ3n) is 4.51. The Hall–Kier alpha value is -3.98. The SMILES string of the molecule is Cc1ccc(C)c(OCCOc2ccc(C=C(C#N)C(=O)NCc3ccco3)cc2)c1. The van der Waals surface area contributed by atoms with Gasteiger partial charge in [-0.25, -0.2) is 0 Å². The molecule has 2 aromatic carbocycles. The van der Waals surface area contributed by atoms with Crippen LogP contribution >= 0.6 is 0 Å². The first kappa shape index (κ1) is 21.7. The Morgan fingerprint density at radius 3 is 2.58 bits per heavy atom. The van der Waals surface area contributed by atoms with E-state index in [9.17, 15) is 10.1 Å². The third kappa shape index (κ3) is 6.51. The Labute approximate surface area is 181 Å². The molecule has 1 amide bonds. The maximum absolute atomic E-state index is 12.2. The number of aryl methyl sites for hydroxylation is 2. The molecule has 1 N–H and O–H groups in total.